The maximum absolute atomic E-state index is 13.2. The fraction of sp³-hybridized carbons (Fsp3) is 0.333. The summed E-state index contributed by atoms with van der Waals surface area (Å²) in [4.78, 5) is 13.0. The predicted molar refractivity (Wildman–Crippen MR) is 66.5 cm³/mol. The molecular formula is C12H10F2N2O3S. The quantitative estimate of drug-likeness (QED) is 0.789. The summed E-state index contributed by atoms with van der Waals surface area (Å²) in [6, 6.07) is 5.24. The molecule has 1 fully saturated rings. The normalized spacial score (nSPS) is 19.1. The third-order valence-electron chi connectivity index (χ3n) is 3.02. The molecule has 1 saturated heterocycles. The van der Waals surface area contributed by atoms with Crippen molar-refractivity contribution in [2.24, 2.45) is 5.92 Å². The summed E-state index contributed by atoms with van der Waals surface area (Å²) in [5.41, 5.74) is 0.0866. The van der Waals surface area contributed by atoms with Crippen molar-refractivity contribution in [3.63, 3.8) is 0 Å². The molecule has 1 aromatic carbocycles. The zero-order valence-electron chi connectivity index (χ0n) is 10.2. The van der Waals surface area contributed by atoms with Gasteiger partial charge in [-0.2, -0.15) is 13.7 Å². The van der Waals surface area contributed by atoms with Crippen molar-refractivity contribution in [1.82, 2.24) is 0 Å². The van der Waals surface area contributed by atoms with Crippen LogP contribution in [0.3, 0.4) is 0 Å². The van der Waals surface area contributed by atoms with Crippen LogP contribution in [0.1, 0.15) is 12.0 Å². The summed E-state index contributed by atoms with van der Waals surface area (Å²) < 4.78 is 47.0. The van der Waals surface area contributed by atoms with Crippen molar-refractivity contribution < 1.29 is 21.5 Å². The number of nitrogens with zero attached hydrogens (tertiary/aromatic N) is 2. The van der Waals surface area contributed by atoms with Gasteiger partial charge >= 0.3 is 10.2 Å². The average Bonchev–Trinajstić information content (AvgIpc) is 2.68. The van der Waals surface area contributed by atoms with Crippen molar-refractivity contribution >= 4 is 21.8 Å². The number of halogens is 2. The van der Waals surface area contributed by atoms with Crippen molar-refractivity contribution in [2.45, 2.75) is 6.42 Å². The highest BCUT2D eigenvalue weighted by atomic mass is 32.3. The minimum absolute atomic E-state index is 0.0263. The van der Waals surface area contributed by atoms with Gasteiger partial charge in [0.05, 0.1) is 11.3 Å². The van der Waals surface area contributed by atoms with Crippen LogP contribution in [0, 0.1) is 23.1 Å². The van der Waals surface area contributed by atoms with E-state index < -0.39 is 27.7 Å². The predicted octanol–water partition coefficient (Wildman–Crippen LogP) is 1.35. The molecule has 2 rings (SSSR count). The number of anilines is 1. The Labute approximate surface area is 114 Å². The van der Waals surface area contributed by atoms with Gasteiger partial charge < -0.3 is 4.90 Å². The highest BCUT2D eigenvalue weighted by Gasteiger charge is 2.33. The first kappa shape index (κ1) is 14.4. The smallest absolute Gasteiger partial charge is 0.302 e. The molecule has 1 unspecified atom stereocenters. The molecule has 0 bridgehead atoms. The van der Waals surface area contributed by atoms with Crippen LogP contribution in [-0.4, -0.2) is 26.6 Å². The van der Waals surface area contributed by atoms with Crippen LogP contribution in [0.2, 0.25) is 0 Å². The summed E-state index contributed by atoms with van der Waals surface area (Å²) in [5, 5.41) is 8.73. The number of carbonyl (C=O) groups excluding carboxylic acids is 1. The van der Waals surface area contributed by atoms with Gasteiger partial charge in [0, 0.05) is 24.6 Å². The summed E-state index contributed by atoms with van der Waals surface area (Å²) >= 11 is 0. The standard InChI is InChI=1S/C12H10F2N2O3S/c13-11-2-1-10(4-9(11)5-15)16-6-8(3-12(16)17)7-20(14,18)19/h1-2,4,8H,3,6-7H2. The van der Waals surface area contributed by atoms with Gasteiger partial charge in [0.1, 0.15) is 11.9 Å². The van der Waals surface area contributed by atoms with Crippen molar-refractivity contribution in [3.8, 4) is 6.07 Å². The highest BCUT2D eigenvalue weighted by Crippen LogP contribution is 2.27. The van der Waals surface area contributed by atoms with Gasteiger partial charge in [0.25, 0.3) is 0 Å². The largest absolute Gasteiger partial charge is 0.312 e. The minimum Gasteiger partial charge on any atom is -0.312 e. The zero-order valence-corrected chi connectivity index (χ0v) is 11.0. The number of carbonyl (C=O) groups is 1. The Morgan fingerprint density at radius 1 is 1.45 bits per heavy atom. The number of hydrogen-bond donors (Lipinski definition) is 0. The molecule has 106 valence electrons. The Morgan fingerprint density at radius 3 is 2.75 bits per heavy atom. The van der Waals surface area contributed by atoms with Crippen LogP contribution in [0.5, 0.6) is 0 Å². The lowest BCUT2D eigenvalue weighted by Crippen LogP contribution is -2.25. The van der Waals surface area contributed by atoms with E-state index >= 15 is 0 Å². The maximum Gasteiger partial charge on any atom is 0.302 e. The van der Waals surface area contributed by atoms with Gasteiger partial charge in [-0.1, -0.05) is 0 Å². The molecule has 0 aliphatic carbocycles. The van der Waals surface area contributed by atoms with E-state index in [1.807, 2.05) is 0 Å². The SMILES string of the molecule is N#Cc1cc(N2CC(CS(=O)(=O)F)CC2=O)ccc1F. The molecular weight excluding hydrogens is 290 g/mol. The van der Waals surface area contributed by atoms with Gasteiger partial charge in [-0.15, -0.1) is 3.89 Å². The summed E-state index contributed by atoms with van der Waals surface area (Å²) in [5.74, 6) is -2.45. The van der Waals surface area contributed by atoms with E-state index in [4.69, 9.17) is 5.26 Å². The second kappa shape index (κ2) is 5.17. The molecule has 1 amide bonds. The molecule has 1 aliphatic heterocycles. The molecule has 0 N–H and O–H groups in total. The van der Waals surface area contributed by atoms with Gasteiger partial charge in [-0.05, 0) is 18.2 Å². The number of hydrogen-bond acceptors (Lipinski definition) is 4. The third kappa shape index (κ3) is 3.11. The Kier molecular flexibility index (Phi) is 3.72. The lowest BCUT2D eigenvalue weighted by Gasteiger charge is -2.16. The lowest BCUT2D eigenvalue weighted by atomic mass is 10.1. The Balaban J connectivity index is 2.22. The number of amides is 1. The fourth-order valence-electron chi connectivity index (χ4n) is 2.19. The first-order valence-electron chi connectivity index (χ1n) is 5.72. The third-order valence-corrected chi connectivity index (χ3v) is 3.89. The summed E-state index contributed by atoms with van der Waals surface area (Å²) in [6.45, 7) is 0.0263. The van der Waals surface area contributed by atoms with Gasteiger partial charge in [-0.3, -0.25) is 4.79 Å². The lowest BCUT2D eigenvalue weighted by molar-refractivity contribution is -0.117. The Bertz CT molecular complexity index is 697. The van der Waals surface area contributed by atoms with E-state index in [9.17, 15) is 21.5 Å². The maximum atomic E-state index is 13.2. The summed E-state index contributed by atoms with van der Waals surface area (Å²) in [6.07, 6.45) is -0.0948. The van der Waals surface area contributed by atoms with Crippen molar-refractivity contribution in [2.75, 3.05) is 17.2 Å². The second-order valence-corrected chi connectivity index (χ2v) is 5.97. The van der Waals surface area contributed by atoms with Gasteiger partial charge in [0.15, 0.2) is 0 Å². The number of rotatable bonds is 3. The van der Waals surface area contributed by atoms with Crippen LogP contribution < -0.4 is 4.90 Å². The molecule has 0 aromatic heterocycles. The molecule has 5 nitrogen and oxygen atoms in total. The monoisotopic (exact) mass is 300 g/mol. The van der Waals surface area contributed by atoms with Gasteiger partial charge in [0.2, 0.25) is 5.91 Å². The van der Waals surface area contributed by atoms with E-state index in [2.05, 4.69) is 0 Å². The molecule has 0 spiro atoms. The molecule has 1 heterocycles. The first-order chi connectivity index (χ1) is 9.30. The molecule has 1 aliphatic rings. The topological polar surface area (TPSA) is 78.2 Å². The second-order valence-electron chi connectivity index (χ2n) is 4.56. The van der Waals surface area contributed by atoms with Crippen LogP contribution in [-0.2, 0) is 15.0 Å². The van der Waals surface area contributed by atoms with Crippen molar-refractivity contribution in [1.29, 1.82) is 5.26 Å². The molecule has 1 aromatic rings. The van der Waals surface area contributed by atoms with Crippen LogP contribution in [0.25, 0.3) is 0 Å². The summed E-state index contributed by atoms with van der Waals surface area (Å²) in [7, 11) is -4.65. The number of nitriles is 1. The van der Waals surface area contributed by atoms with Crippen LogP contribution in [0.15, 0.2) is 18.2 Å². The molecule has 20 heavy (non-hydrogen) atoms. The van der Waals surface area contributed by atoms with Gasteiger partial charge in [-0.25, -0.2) is 4.39 Å². The molecule has 0 saturated carbocycles. The average molecular weight is 300 g/mol. The van der Waals surface area contributed by atoms with E-state index in [1.165, 1.54) is 17.0 Å². The fourth-order valence-corrected chi connectivity index (χ4v) is 2.98. The van der Waals surface area contributed by atoms with Crippen LogP contribution in [0.4, 0.5) is 14.0 Å². The first-order valence-corrected chi connectivity index (χ1v) is 7.28. The molecule has 0 radical (unpaired) electrons. The minimum atomic E-state index is -4.65. The highest BCUT2D eigenvalue weighted by molar-refractivity contribution is 7.86. The van der Waals surface area contributed by atoms with Crippen LogP contribution >= 0.6 is 0 Å². The van der Waals surface area contributed by atoms with Crippen molar-refractivity contribution in [3.05, 3.63) is 29.6 Å². The van der Waals surface area contributed by atoms with E-state index in [0.717, 1.165) is 6.07 Å². The zero-order chi connectivity index (χ0) is 14.9. The van der Waals surface area contributed by atoms with E-state index in [0.29, 0.717) is 5.69 Å². The Morgan fingerprint density at radius 2 is 2.15 bits per heavy atom. The molecule has 8 heteroatoms. The Hall–Kier alpha value is -2.01. The molecule has 1 atom stereocenters. The number of benzene rings is 1. The van der Waals surface area contributed by atoms with E-state index in [1.54, 1.807) is 6.07 Å². The van der Waals surface area contributed by atoms with E-state index in [-0.39, 0.29) is 24.4 Å².